The first-order chi connectivity index (χ1) is 13.3. The molecule has 0 radical (unpaired) electrons. The zero-order valence-electron chi connectivity index (χ0n) is 16.2. The van der Waals surface area contributed by atoms with Crippen molar-refractivity contribution in [1.82, 2.24) is 17.3 Å². The molecule has 2 rings (SSSR count). The number of thiazole rings is 1. The maximum Gasteiger partial charge on any atom is 0.320 e. The number of anilines is 1. The van der Waals surface area contributed by atoms with Gasteiger partial charge in [-0.25, -0.2) is 4.98 Å². The number of nitrogens with one attached hydrogen (secondary N) is 1. The van der Waals surface area contributed by atoms with Crippen LogP contribution >= 0.6 is 11.3 Å². The lowest BCUT2D eigenvalue weighted by Gasteiger charge is -2.10. The fraction of sp³-hybridized carbons (Fsp3) is 0.294. The van der Waals surface area contributed by atoms with Crippen LogP contribution in [0.4, 0.5) is 16.5 Å². The number of carbonyl (C=O) groups is 3. The number of azo groups is 1. The number of nitrogens with zero attached hydrogens (tertiary/aromatic N) is 3. The normalized spacial score (nSPS) is 11.2. The summed E-state index contributed by atoms with van der Waals surface area (Å²) < 4.78 is 0. The Bertz CT molecular complexity index is 873. The highest BCUT2D eigenvalue weighted by atomic mass is 32.1. The third-order valence-electron chi connectivity index (χ3n) is 3.63. The van der Waals surface area contributed by atoms with E-state index in [0.29, 0.717) is 22.1 Å². The highest BCUT2D eigenvalue weighted by Crippen LogP contribution is 2.27. The molecule has 30 heavy (non-hydrogen) atoms. The van der Waals surface area contributed by atoms with Gasteiger partial charge in [0.25, 0.3) is 0 Å². The lowest BCUT2D eigenvalue weighted by Crippen LogP contribution is -2.31. The second-order valence-electron chi connectivity index (χ2n) is 5.78. The molecule has 1 aromatic heterocycles. The Labute approximate surface area is 176 Å². The summed E-state index contributed by atoms with van der Waals surface area (Å²) in [4.78, 5) is 37.6. The van der Waals surface area contributed by atoms with Gasteiger partial charge in [-0.05, 0) is 36.6 Å². The highest BCUT2D eigenvalue weighted by Gasteiger charge is 2.14. The number of amides is 1. The van der Waals surface area contributed by atoms with Crippen molar-refractivity contribution in [1.29, 1.82) is 0 Å². The van der Waals surface area contributed by atoms with Crippen molar-refractivity contribution in [2.75, 3.05) is 5.32 Å². The van der Waals surface area contributed by atoms with Crippen molar-refractivity contribution < 1.29 is 24.6 Å². The summed E-state index contributed by atoms with van der Waals surface area (Å²) in [5.41, 5.74) is 6.90. The van der Waals surface area contributed by atoms with E-state index in [4.69, 9.17) is 15.9 Å². The van der Waals surface area contributed by atoms with E-state index < -0.39 is 23.9 Å². The van der Waals surface area contributed by atoms with Crippen molar-refractivity contribution in [3.63, 3.8) is 0 Å². The molecule has 2 aromatic rings. The van der Waals surface area contributed by atoms with Crippen LogP contribution in [0.5, 0.6) is 0 Å². The molecule has 0 aliphatic rings. The number of aromatic nitrogens is 1. The van der Waals surface area contributed by atoms with Crippen LogP contribution in [0.3, 0.4) is 0 Å². The fourth-order valence-electron chi connectivity index (χ4n) is 2.20. The number of carboxylic acids is 2. The van der Waals surface area contributed by atoms with E-state index in [1.54, 1.807) is 29.8 Å². The molecule has 0 saturated carbocycles. The second-order valence-corrected chi connectivity index (χ2v) is 6.66. The van der Waals surface area contributed by atoms with Gasteiger partial charge in [-0.2, -0.15) is 0 Å². The van der Waals surface area contributed by atoms with Crippen LogP contribution in [0, 0.1) is 0 Å². The number of nitrogens with two attached hydrogens (primary N) is 1. The zero-order chi connectivity index (χ0) is 20.5. The molecule has 13 heteroatoms. The van der Waals surface area contributed by atoms with Gasteiger partial charge in [0.15, 0.2) is 0 Å². The number of rotatable bonds is 10. The Morgan fingerprint density at radius 1 is 1.17 bits per heavy atom. The summed E-state index contributed by atoms with van der Waals surface area (Å²) >= 11 is 1.31. The van der Waals surface area contributed by atoms with Gasteiger partial charge in [0.05, 0.1) is 5.69 Å². The molecule has 1 heterocycles. The molecule has 1 amide bonds. The van der Waals surface area contributed by atoms with E-state index >= 15 is 0 Å². The van der Waals surface area contributed by atoms with Gasteiger partial charge < -0.3 is 33.6 Å². The molecular weight excluding hydrogens is 414 g/mol. The minimum Gasteiger partial charge on any atom is -0.481 e. The highest BCUT2D eigenvalue weighted by molar-refractivity contribution is 7.13. The number of carbonyl (C=O) groups excluding carboxylic acids is 1. The Morgan fingerprint density at radius 3 is 2.50 bits per heavy atom. The van der Waals surface area contributed by atoms with Crippen LogP contribution in [-0.2, 0) is 20.8 Å². The summed E-state index contributed by atoms with van der Waals surface area (Å²) in [6.07, 6.45) is 1.65. The van der Waals surface area contributed by atoms with Crippen molar-refractivity contribution in [2.24, 2.45) is 16.0 Å². The first-order valence-electron chi connectivity index (χ1n) is 8.29. The summed E-state index contributed by atoms with van der Waals surface area (Å²) in [5.74, 6) is -2.52. The van der Waals surface area contributed by atoms with E-state index in [9.17, 15) is 14.4 Å². The number of aryl methyl sites for hydroxylation is 1. The van der Waals surface area contributed by atoms with E-state index in [1.165, 1.54) is 11.3 Å². The van der Waals surface area contributed by atoms with Crippen molar-refractivity contribution in [2.45, 2.75) is 31.7 Å². The largest absolute Gasteiger partial charge is 0.481 e. The maximum absolute atomic E-state index is 12.0. The minimum atomic E-state index is -1.17. The third-order valence-corrected chi connectivity index (χ3v) is 4.29. The van der Waals surface area contributed by atoms with Crippen molar-refractivity contribution >= 4 is 45.7 Å². The summed E-state index contributed by atoms with van der Waals surface area (Å²) in [6.45, 7) is 0. The first-order valence-corrected chi connectivity index (χ1v) is 9.17. The van der Waals surface area contributed by atoms with Crippen molar-refractivity contribution in [3.8, 4) is 0 Å². The summed E-state index contributed by atoms with van der Waals surface area (Å²) in [6, 6.07) is 3.74. The predicted molar refractivity (Wildman–Crippen MR) is 112 cm³/mol. The lowest BCUT2D eigenvalue weighted by atomic mass is 10.1. The quantitative estimate of drug-likeness (QED) is 0.298. The summed E-state index contributed by atoms with van der Waals surface area (Å²) in [7, 11) is 0. The standard InChI is InChI=1S/C17H19N5O5S.2H3N/c18-12(16(26)27)3-5-14(23)20-11-2-4-13(10(9-11)1-6-15(24)25)21-22-17-19-7-8-28-17;;/h2,4,7-9,12H,1,3,5-6,18H2,(H,20,23)(H,24,25)(H,26,27);2*1H3. The summed E-state index contributed by atoms with van der Waals surface area (Å²) in [5, 5.41) is 30.7. The van der Waals surface area contributed by atoms with Gasteiger partial charge in [0.2, 0.25) is 11.0 Å². The molecule has 0 fully saturated rings. The van der Waals surface area contributed by atoms with Gasteiger partial charge in [-0.15, -0.1) is 21.6 Å². The Kier molecular flexibility index (Phi) is 11.6. The average molecular weight is 439 g/mol. The Morgan fingerprint density at radius 2 is 1.90 bits per heavy atom. The van der Waals surface area contributed by atoms with Gasteiger partial charge in [-0.1, -0.05) is 0 Å². The van der Waals surface area contributed by atoms with Gasteiger partial charge in [-0.3, -0.25) is 14.4 Å². The first kappa shape index (κ1) is 26.7. The topological polar surface area (TPSA) is 237 Å². The molecular formula is C17H25N7O5S. The van der Waals surface area contributed by atoms with Gasteiger partial charge >= 0.3 is 11.9 Å². The van der Waals surface area contributed by atoms with Crippen LogP contribution in [0.1, 0.15) is 24.8 Å². The molecule has 1 unspecified atom stereocenters. The van der Waals surface area contributed by atoms with E-state index in [2.05, 4.69) is 20.5 Å². The average Bonchev–Trinajstić information content (AvgIpc) is 3.17. The number of benzene rings is 1. The predicted octanol–water partition coefficient (Wildman–Crippen LogP) is 3.03. The lowest BCUT2D eigenvalue weighted by molar-refractivity contribution is -0.139. The Hall–Kier alpha value is -3.26. The van der Waals surface area contributed by atoms with E-state index in [0.717, 1.165) is 0 Å². The van der Waals surface area contributed by atoms with Crippen molar-refractivity contribution in [3.05, 3.63) is 35.3 Å². The van der Waals surface area contributed by atoms with Crippen LogP contribution < -0.4 is 23.4 Å². The second kappa shape index (κ2) is 13.1. The number of carboxylic acid groups (broad SMARTS) is 2. The van der Waals surface area contributed by atoms with E-state index in [-0.39, 0.29) is 38.0 Å². The number of hydrogen-bond acceptors (Lipinski definition) is 10. The minimum absolute atomic E-state index is 0. The van der Waals surface area contributed by atoms with Gasteiger partial charge in [0.1, 0.15) is 6.04 Å². The molecule has 11 N–H and O–H groups in total. The molecule has 0 saturated heterocycles. The fourth-order valence-corrected chi connectivity index (χ4v) is 2.65. The van der Waals surface area contributed by atoms with Crippen LogP contribution in [0.15, 0.2) is 40.0 Å². The van der Waals surface area contributed by atoms with Gasteiger partial charge in [0, 0.05) is 30.1 Å². The molecule has 0 aliphatic carbocycles. The van der Waals surface area contributed by atoms with Crippen LogP contribution in [0.2, 0.25) is 0 Å². The molecule has 1 aromatic carbocycles. The number of hydrogen-bond donors (Lipinski definition) is 6. The third kappa shape index (κ3) is 8.83. The molecule has 0 bridgehead atoms. The Balaban J connectivity index is 0.00000420. The molecule has 1 atom stereocenters. The molecule has 12 nitrogen and oxygen atoms in total. The monoisotopic (exact) mass is 439 g/mol. The zero-order valence-corrected chi connectivity index (χ0v) is 17.0. The van der Waals surface area contributed by atoms with Crippen LogP contribution in [0.25, 0.3) is 0 Å². The molecule has 0 spiro atoms. The maximum atomic E-state index is 12.0. The SMILES string of the molecule is N.N.NC(CCC(=O)Nc1ccc(N=Nc2nccs2)c(CCC(=O)O)c1)C(=O)O. The van der Waals surface area contributed by atoms with Crippen LogP contribution in [-0.4, -0.2) is 39.1 Å². The number of aliphatic carboxylic acids is 2. The molecule has 0 aliphatic heterocycles. The smallest absolute Gasteiger partial charge is 0.320 e. The molecule has 164 valence electrons. The van der Waals surface area contributed by atoms with E-state index in [1.807, 2.05) is 0 Å².